The molecule has 10 nitrogen and oxygen atoms in total. The predicted octanol–water partition coefficient (Wildman–Crippen LogP) is -0.220. The Morgan fingerprint density at radius 1 is 0.676 bits per heavy atom. The van der Waals surface area contributed by atoms with Crippen molar-refractivity contribution in [2.45, 2.75) is 25.3 Å². The fourth-order valence-electron chi connectivity index (χ4n) is 3.00. The molecular weight excluding hydrogens is 440 g/mol. The van der Waals surface area contributed by atoms with Crippen molar-refractivity contribution < 1.29 is 29.1 Å². The van der Waals surface area contributed by atoms with Crippen LogP contribution in [0.2, 0.25) is 0 Å². The maximum Gasteiger partial charge on any atom is 0.322 e. The van der Waals surface area contributed by atoms with Crippen LogP contribution in [-0.2, 0) is 36.8 Å². The maximum absolute atomic E-state index is 12.6. The molecule has 0 saturated carbocycles. The van der Waals surface area contributed by atoms with Crippen molar-refractivity contribution >= 4 is 29.6 Å². The second kappa shape index (κ2) is 14.0. The van der Waals surface area contributed by atoms with Crippen molar-refractivity contribution in [3.63, 3.8) is 0 Å². The van der Waals surface area contributed by atoms with Crippen LogP contribution in [0, 0.1) is 0 Å². The summed E-state index contributed by atoms with van der Waals surface area (Å²) < 4.78 is 0. The van der Waals surface area contributed by atoms with Crippen molar-refractivity contribution in [2.75, 3.05) is 19.6 Å². The topological polar surface area (TPSA) is 154 Å². The van der Waals surface area contributed by atoms with Gasteiger partial charge in [-0.15, -0.1) is 0 Å². The summed E-state index contributed by atoms with van der Waals surface area (Å²) in [5.74, 6) is -3.35. The summed E-state index contributed by atoms with van der Waals surface area (Å²) in [6.45, 7) is -1.31. The second-order valence-electron chi connectivity index (χ2n) is 7.46. The highest BCUT2D eigenvalue weighted by Crippen LogP contribution is 2.04. The Kier molecular flexibility index (Phi) is 10.8. The van der Waals surface area contributed by atoms with E-state index in [0.717, 1.165) is 11.1 Å². The zero-order chi connectivity index (χ0) is 24.8. The molecule has 0 aliphatic rings. The quantitative estimate of drug-likeness (QED) is 0.274. The number of aliphatic carboxylic acids is 1. The fraction of sp³-hybridized carbons (Fsp3) is 0.292. The van der Waals surface area contributed by atoms with E-state index >= 15 is 0 Å². The van der Waals surface area contributed by atoms with Crippen molar-refractivity contribution in [2.24, 2.45) is 0 Å². The third kappa shape index (κ3) is 10.4. The monoisotopic (exact) mass is 468 g/mol. The number of hydrogen-bond donors (Lipinski definition) is 5. The molecule has 0 fully saturated rings. The lowest BCUT2D eigenvalue weighted by Crippen LogP contribution is -2.52. The molecule has 5 N–H and O–H groups in total. The summed E-state index contributed by atoms with van der Waals surface area (Å²) in [4.78, 5) is 59.3. The van der Waals surface area contributed by atoms with Gasteiger partial charge in [-0.2, -0.15) is 0 Å². The summed E-state index contributed by atoms with van der Waals surface area (Å²) in [6, 6.07) is 17.5. The summed E-state index contributed by atoms with van der Waals surface area (Å²) in [7, 11) is 0. The van der Waals surface area contributed by atoms with Gasteiger partial charge in [0.15, 0.2) is 0 Å². The van der Waals surface area contributed by atoms with Crippen LogP contribution >= 0.6 is 0 Å². The van der Waals surface area contributed by atoms with E-state index in [1.807, 2.05) is 36.4 Å². The smallest absolute Gasteiger partial charge is 0.322 e. The minimum atomic E-state index is -1.21. The van der Waals surface area contributed by atoms with Crippen molar-refractivity contribution in [3.05, 3.63) is 71.8 Å². The lowest BCUT2D eigenvalue weighted by molar-refractivity contribution is -0.138. The largest absolute Gasteiger partial charge is 0.480 e. The van der Waals surface area contributed by atoms with E-state index in [9.17, 15) is 24.0 Å². The van der Waals surface area contributed by atoms with Crippen LogP contribution in [0.5, 0.6) is 0 Å². The Balaban J connectivity index is 1.86. The second-order valence-corrected chi connectivity index (χ2v) is 7.46. The molecule has 0 saturated heterocycles. The molecule has 0 heterocycles. The van der Waals surface area contributed by atoms with Crippen LogP contribution in [0.15, 0.2) is 60.7 Å². The minimum absolute atomic E-state index is 0.164. The number of carboxylic acid groups (broad SMARTS) is 1. The summed E-state index contributed by atoms with van der Waals surface area (Å²) in [5, 5.41) is 18.2. The third-order valence-corrected chi connectivity index (χ3v) is 4.72. The van der Waals surface area contributed by atoms with Crippen molar-refractivity contribution in [3.8, 4) is 0 Å². The van der Waals surface area contributed by atoms with Gasteiger partial charge in [-0.1, -0.05) is 60.7 Å². The van der Waals surface area contributed by atoms with Gasteiger partial charge in [0, 0.05) is 12.8 Å². The summed E-state index contributed by atoms with van der Waals surface area (Å²) in [6.07, 6.45) is 0.922. The van der Waals surface area contributed by atoms with Crippen LogP contribution in [0.4, 0.5) is 0 Å². The van der Waals surface area contributed by atoms with Crippen LogP contribution in [0.3, 0.4) is 0 Å². The molecule has 0 aromatic heterocycles. The Bertz CT molecular complexity index is 981. The van der Waals surface area contributed by atoms with E-state index in [2.05, 4.69) is 21.3 Å². The number of hydrogen-bond acceptors (Lipinski definition) is 5. The molecule has 10 heteroatoms. The number of carbonyl (C=O) groups is 5. The van der Waals surface area contributed by atoms with Crippen molar-refractivity contribution in [1.82, 2.24) is 21.3 Å². The van der Waals surface area contributed by atoms with Crippen LogP contribution < -0.4 is 21.3 Å². The molecule has 0 aliphatic carbocycles. The maximum atomic E-state index is 12.6. The number of nitrogens with one attached hydrogen (secondary N) is 4. The number of rotatable bonds is 13. The molecule has 0 bridgehead atoms. The number of benzene rings is 2. The Morgan fingerprint density at radius 3 is 1.85 bits per heavy atom. The van der Waals surface area contributed by atoms with E-state index in [1.165, 1.54) is 0 Å². The summed E-state index contributed by atoms with van der Waals surface area (Å²) in [5.41, 5.74) is 1.79. The van der Waals surface area contributed by atoms with Crippen LogP contribution in [-0.4, -0.2) is 60.4 Å². The van der Waals surface area contributed by atoms with E-state index < -0.39 is 42.8 Å². The van der Waals surface area contributed by atoms with E-state index in [4.69, 9.17) is 5.11 Å². The molecule has 2 aromatic carbocycles. The highest BCUT2D eigenvalue weighted by atomic mass is 16.4. The highest BCUT2D eigenvalue weighted by molar-refractivity contribution is 5.92. The Morgan fingerprint density at radius 2 is 1.24 bits per heavy atom. The van der Waals surface area contributed by atoms with Gasteiger partial charge in [-0.3, -0.25) is 24.0 Å². The fourth-order valence-corrected chi connectivity index (χ4v) is 3.00. The third-order valence-electron chi connectivity index (χ3n) is 4.72. The van der Waals surface area contributed by atoms with Gasteiger partial charge < -0.3 is 26.4 Å². The highest BCUT2D eigenvalue weighted by Gasteiger charge is 2.22. The van der Waals surface area contributed by atoms with Crippen molar-refractivity contribution in [1.29, 1.82) is 0 Å². The van der Waals surface area contributed by atoms with Gasteiger partial charge in [0.1, 0.15) is 12.6 Å². The van der Waals surface area contributed by atoms with Crippen LogP contribution in [0.1, 0.15) is 17.5 Å². The first-order chi connectivity index (χ1) is 16.3. The van der Waals surface area contributed by atoms with Crippen LogP contribution in [0.25, 0.3) is 0 Å². The van der Waals surface area contributed by atoms with E-state index in [-0.39, 0.29) is 25.3 Å². The number of carboxylic acids is 1. The lowest BCUT2D eigenvalue weighted by Gasteiger charge is -2.19. The van der Waals surface area contributed by atoms with Gasteiger partial charge in [0.05, 0.1) is 13.1 Å². The SMILES string of the molecule is O=C(O)CNC(=O)CNC(=O)[C@H](Cc1ccccc1)NC(=O)CNC(=O)CCc1ccccc1. The van der Waals surface area contributed by atoms with Gasteiger partial charge in [-0.25, -0.2) is 0 Å². The molecule has 0 radical (unpaired) electrons. The molecule has 2 aromatic rings. The zero-order valence-corrected chi connectivity index (χ0v) is 18.6. The first kappa shape index (κ1) is 26.0. The zero-order valence-electron chi connectivity index (χ0n) is 18.6. The first-order valence-corrected chi connectivity index (χ1v) is 10.7. The Labute approximate surface area is 197 Å². The molecule has 1 atom stereocenters. The average molecular weight is 469 g/mol. The Hall–Kier alpha value is -4.21. The number of amides is 4. The molecule has 0 aliphatic heterocycles. The van der Waals surface area contributed by atoms with Gasteiger partial charge >= 0.3 is 5.97 Å². The molecule has 4 amide bonds. The van der Waals surface area contributed by atoms with E-state index in [1.54, 1.807) is 24.3 Å². The number of carbonyl (C=O) groups excluding carboxylic acids is 4. The molecule has 2 rings (SSSR count). The molecule has 34 heavy (non-hydrogen) atoms. The minimum Gasteiger partial charge on any atom is -0.480 e. The first-order valence-electron chi connectivity index (χ1n) is 10.7. The standard InChI is InChI=1S/C24H28N4O6/c29-20(12-11-17-7-3-1-4-8-17)25-15-22(31)28-19(13-18-9-5-2-6-10-18)24(34)27-14-21(30)26-16-23(32)33/h1-10,19H,11-16H2,(H,25,29)(H,26,30)(H,27,34)(H,28,31)(H,32,33)/t19-/m0/s1. The molecule has 180 valence electrons. The molecular formula is C24H28N4O6. The molecule has 0 spiro atoms. The van der Waals surface area contributed by atoms with Gasteiger partial charge in [0.2, 0.25) is 23.6 Å². The van der Waals surface area contributed by atoms with Gasteiger partial charge in [0.25, 0.3) is 0 Å². The summed E-state index contributed by atoms with van der Waals surface area (Å²) >= 11 is 0. The van der Waals surface area contributed by atoms with E-state index in [0.29, 0.717) is 6.42 Å². The van der Waals surface area contributed by atoms with Gasteiger partial charge in [-0.05, 0) is 17.5 Å². The predicted molar refractivity (Wildman–Crippen MR) is 124 cm³/mol. The lowest BCUT2D eigenvalue weighted by atomic mass is 10.1. The molecule has 0 unspecified atom stereocenters. The normalized spacial score (nSPS) is 11.1. The number of aryl methyl sites for hydroxylation is 1. The average Bonchev–Trinajstić information content (AvgIpc) is 2.84.